The lowest BCUT2D eigenvalue weighted by molar-refractivity contribution is 0.396. The molecule has 0 aliphatic rings. The topological polar surface area (TPSA) is 51.2 Å². The summed E-state index contributed by atoms with van der Waals surface area (Å²) in [6, 6.07) is 2.11. The van der Waals surface area contributed by atoms with E-state index in [2.05, 4.69) is 12.3 Å². The Balaban J connectivity index is 2.72. The van der Waals surface area contributed by atoms with Gasteiger partial charge in [-0.05, 0) is 25.0 Å². The van der Waals surface area contributed by atoms with E-state index in [4.69, 9.17) is 10.3 Å². The molecule has 3 heteroatoms. The fraction of sp³-hybridized carbons (Fsp3) is 0.556. The lowest BCUT2D eigenvalue weighted by atomic mass is 10.1. The Labute approximate surface area is 72.9 Å². The van der Waals surface area contributed by atoms with E-state index in [1.807, 2.05) is 13.0 Å². The molecule has 3 N–H and O–H groups in total. The van der Waals surface area contributed by atoms with Crippen molar-refractivity contribution < 1.29 is 4.42 Å². The molecule has 1 aromatic heterocycles. The van der Waals surface area contributed by atoms with Crippen LogP contribution in [-0.4, -0.2) is 0 Å². The maximum Gasteiger partial charge on any atom is 0.124 e. The first-order chi connectivity index (χ1) is 5.79. The van der Waals surface area contributed by atoms with Gasteiger partial charge in [0.15, 0.2) is 0 Å². The molecule has 0 aliphatic carbocycles. The molecule has 1 rings (SSSR count). The second-order valence-electron chi connectivity index (χ2n) is 2.98. The minimum Gasteiger partial charge on any atom is -0.467 e. The van der Waals surface area contributed by atoms with E-state index in [1.165, 1.54) is 0 Å². The third-order valence-electron chi connectivity index (χ3n) is 2.00. The van der Waals surface area contributed by atoms with Crippen molar-refractivity contribution in [3.8, 4) is 0 Å². The molecule has 1 aromatic rings. The van der Waals surface area contributed by atoms with Gasteiger partial charge in [-0.1, -0.05) is 13.3 Å². The van der Waals surface area contributed by atoms with Crippen LogP contribution in [0.25, 0.3) is 0 Å². The smallest absolute Gasteiger partial charge is 0.124 e. The molecular weight excluding hydrogens is 152 g/mol. The van der Waals surface area contributed by atoms with Crippen LogP contribution in [0.1, 0.15) is 37.1 Å². The molecular formula is C9H16N2O. The van der Waals surface area contributed by atoms with Crippen molar-refractivity contribution in [3.63, 3.8) is 0 Å². The molecule has 0 fully saturated rings. The monoisotopic (exact) mass is 168 g/mol. The molecule has 0 aromatic carbocycles. The summed E-state index contributed by atoms with van der Waals surface area (Å²) in [6.45, 7) is 4.15. The predicted molar refractivity (Wildman–Crippen MR) is 48.4 cm³/mol. The van der Waals surface area contributed by atoms with Gasteiger partial charge in [-0.3, -0.25) is 5.84 Å². The Morgan fingerprint density at radius 3 is 2.83 bits per heavy atom. The fourth-order valence-electron chi connectivity index (χ4n) is 1.32. The van der Waals surface area contributed by atoms with Gasteiger partial charge >= 0.3 is 0 Å². The first-order valence-electron chi connectivity index (χ1n) is 4.29. The number of hydrazine groups is 1. The van der Waals surface area contributed by atoms with Gasteiger partial charge in [0.2, 0.25) is 0 Å². The van der Waals surface area contributed by atoms with Crippen LogP contribution in [0.5, 0.6) is 0 Å². The number of nitrogens with two attached hydrogens (primary N) is 1. The van der Waals surface area contributed by atoms with Gasteiger partial charge in [-0.2, -0.15) is 0 Å². The van der Waals surface area contributed by atoms with Crippen LogP contribution in [0.15, 0.2) is 16.7 Å². The Kier molecular flexibility index (Phi) is 3.31. The highest BCUT2D eigenvalue weighted by atomic mass is 16.3. The fourth-order valence-corrected chi connectivity index (χ4v) is 1.32. The average Bonchev–Trinajstić information content (AvgIpc) is 2.47. The zero-order valence-electron chi connectivity index (χ0n) is 7.63. The van der Waals surface area contributed by atoms with Crippen molar-refractivity contribution in [2.24, 2.45) is 5.84 Å². The summed E-state index contributed by atoms with van der Waals surface area (Å²) >= 11 is 0. The molecule has 0 aliphatic heterocycles. The molecule has 1 heterocycles. The van der Waals surface area contributed by atoms with E-state index in [0.717, 1.165) is 24.2 Å². The van der Waals surface area contributed by atoms with E-state index in [1.54, 1.807) is 6.26 Å². The SMILES string of the molecule is CCCC(NN)c1occc1C. The molecule has 3 nitrogen and oxygen atoms in total. The Hall–Kier alpha value is -0.800. The molecule has 0 saturated heterocycles. The lowest BCUT2D eigenvalue weighted by Crippen LogP contribution is -2.27. The van der Waals surface area contributed by atoms with E-state index >= 15 is 0 Å². The van der Waals surface area contributed by atoms with Crippen LogP contribution < -0.4 is 11.3 Å². The second-order valence-corrected chi connectivity index (χ2v) is 2.98. The van der Waals surface area contributed by atoms with Crippen LogP contribution >= 0.6 is 0 Å². The summed E-state index contributed by atoms with van der Waals surface area (Å²) in [5, 5.41) is 0. The van der Waals surface area contributed by atoms with Crippen molar-refractivity contribution in [1.82, 2.24) is 5.43 Å². The van der Waals surface area contributed by atoms with Crippen molar-refractivity contribution >= 4 is 0 Å². The molecule has 0 amide bonds. The third kappa shape index (κ3) is 1.87. The van der Waals surface area contributed by atoms with Crippen molar-refractivity contribution in [2.45, 2.75) is 32.7 Å². The minimum absolute atomic E-state index is 0.157. The molecule has 68 valence electrons. The molecule has 0 bridgehead atoms. The Bertz CT molecular complexity index is 232. The van der Waals surface area contributed by atoms with Gasteiger partial charge in [-0.25, -0.2) is 5.43 Å². The molecule has 12 heavy (non-hydrogen) atoms. The van der Waals surface area contributed by atoms with Crippen LogP contribution in [0, 0.1) is 6.92 Å². The van der Waals surface area contributed by atoms with Crippen molar-refractivity contribution in [2.75, 3.05) is 0 Å². The summed E-state index contributed by atoms with van der Waals surface area (Å²) < 4.78 is 5.33. The van der Waals surface area contributed by atoms with Gasteiger partial charge < -0.3 is 4.42 Å². The van der Waals surface area contributed by atoms with Crippen LogP contribution in [-0.2, 0) is 0 Å². The first-order valence-corrected chi connectivity index (χ1v) is 4.29. The molecule has 1 unspecified atom stereocenters. The number of nitrogens with one attached hydrogen (secondary N) is 1. The standard InChI is InChI=1S/C9H16N2O/c1-3-4-8(11-10)9-7(2)5-6-12-9/h5-6,8,11H,3-4,10H2,1-2H3. The number of rotatable bonds is 4. The van der Waals surface area contributed by atoms with Crippen LogP contribution in [0.4, 0.5) is 0 Å². The summed E-state index contributed by atoms with van der Waals surface area (Å²) in [4.78, 5) is 0. The van der Waals surface area contributed by atoms with Gasteiger partial charge in [0.25, 0.3) is 0 Å². The molecule has 0 spiro atoms. The van der Waals surface area contributed by atoms with E-state index in [-0.39, 0.29) is 6.04 Å². The largest absolute Gasteiger partial charge is 0.467 e. The predicted octanol–water partition coefficient (Wildman–Crippen LogP) is 1.89. The first kappa shape index (κ1) is 9.29. The maximum atomic E-state index is 5.41. The molecule has 0 saturated carbocycles. The zero-order chi connectivity index (χ0) is 8.97. The van der Waals surface area contributed by atoms with E-state index in [9.17, 15) is 0 Å². The Morgan fingerprint density at radius 2 is 2.42 bits per heavy atom. The average molecular weight is 168 g/mol. The highest BCUT2D eigenvalue weighted by Gasteiger charge is 2.13. The molecule has 1 atom stereocenters. The minimum atomic E-state index is 0.157. The zero-order valence-corrected chi connectivity index (χ0v) is 7.63. The third-order valence-corrected chi connectivity index (χ3v) is 2.00. The summed E-state index contributed by atoms with van der Waals surface area (Å²) in [7, 11) is 0. The number of hydrogen-bond donors (Lipinski definition) is 2. The number of furan rings is 1. The number of aryl methyl sites for hydroxylation is 1. The maximum absolute atomic E-state index is 5.41. The summed E-state index contributed by atoms with van der Waals surface area (Å²) in [5.74, 6) is 6.37. The Morgan fingerprint density at radius 1 is 1.67 bits per heavy atom. The van der Waals surface area contributed by atoms with Gasteiger partial charge in [0, 0.05) is 0 Å². The normalized spacial score (nSPS) is 13.2. The van der Waals surface area contributed by atoms with Crippen LogP contribution in [0.2, 0.25) is 0 Å². The highest BCUT2D eigenvalue weighted by Crippen LogP contribution is 2.21. The molecule has 0 radical (unpaired) electrons. The summed E-state index contributed by atoms with van der Waals surface area (Å²) in [5.41, 5.74) is 3.91. The lowest BCUT2D eigenvalue weighted by Gasteiger charge is -2.12. The second kappa shape index (κ2) is 4.28. The highest BCUT2D eigenvalue weighted by molar-refractivity contribution is 5.17. The van der Waals surface area contributed by atoms with Crippen molar-refractivity contribution in [3.05, 3.63) is 23.7 Å². The van der Waals surface area contributed by atoms with Gasteiger partial charge in [-0.15, -0.1) is 0 Å². The van der Waals surface area contributed by atoms with Gasteiger partial charge in [0.05, 0.1) is 12.3 Å². The number of hydrogen-bond acceptors (Lipinski definition) is 3. The van der Waals surface area contributed by atoms with E-state index < -0.39 is 0 Å². The summed E-state index contributed by atoms with van der Waals surface area (Å²) in [6.07, 6.45) is 3.80. The van der Waals surface area contributed by atoms with E-state index in [0.29, 0.717) is 0 Å². The van der Waals surface area contributed by atoms with Gasteiger partial charge in [0.1, 0.15) is 5.76 Å². The van der Waals surface area contributed by atoms with Crippen LogP contribution in [0.3, 0.4) is 0 Å². The van der Waals surface area contributed by atoms with Crippen molar-refractivity contribution in [1.29, 1.82) is 0 Å². The quantitative estimate of drug-likeness (QED) is 0.533.